The maximum Gasteiger partial charge on any atom is 0.361 e. The molecule has 0 spiro atoms. The van der Waals surface area contributed by atoms with Crippen molar-refractivity contribution in [1.29, 1.82) is 0 Å². The summed E-state index contributed by atoms with van der Waals surface area (Å²) in [5.41, 5.74) is 2.19. The summed E-state index contributed by atoms with van der Waals surface area (Å²) in [5, 5.41) is 0.221. The topological polar surface area (TPSA) is 80.3 Å². The van der Waals surface area contributed by atoms with Gasteiger partial charge in [-0.2, -0.15) is 0 Å². The average molecular weight is 697 g/mol. The Hall–Kier alpha value is -3.82. The molecule has 0 aromatic heterocycles. The lowest BCUT2D eigenvalue weighted by molar-refractivity contribution is 0.0524. The number of carbonyl (C=O) groups excluding carboxylic acids is 1. The van der Waals surface area contributed by atoms with Gasteiger partial charge < -0.3 is 23.3 Å². The quantitative estimate of drug-likeness (QED) is 0.0696. The maximum atomic E-state index is 14.2. The van der Waals surface area contributed by atoms with Gasteiger partial charge in [0, 0.05) is 14.1 Å². The highest BCUT2D eigenvalue weighted by atomic mass is 31.2. The Morgan fingerprint density at radius 3 is 1.79 bits per heavy atom. The molecule has 0 aliphatic rings. The molecule has 0 bridgehead atoms. The molecule has 0 atom stereocenters. The van der Waals surface area contributed by atoms with Crippen LogP contribution in [-0.2, 0) is 31.6 Å². The summed E-state index contributed by atoms with van der Waals surface area (Å²) in [5.74, 6) is -0.117. The van der Waals surface area contributed by atoms with E-state index in [2.05, 4.69) is 19.6 Å². The molecule has 0 heterocycles. The van der Waals surface area contributed by atoms with Crippen molar-refractivity contribution in [2.24, 2.45) is 0 Å². The van der Waals surface area contributed by atoms with Gasteiger partial charge in [-0.1, -0.05) is 43.9 Å². The van der Waals surface area contributed by atoms with E-state index >= 15 is 0 Å². The molecule has 0 unspecified atom stereocenters. The number of hydrogen-bond donors (Lipinski definition) is 0. The van der Waals surface area contributed by atoms with E-state index in [4.69, 9.17) is 23.3 Å². The SMILES string of the molecule is Cc1ccc(COP(=O)(OCc2ccc(C)c(F)c2)c2ccc(Oc3cc(OC(C)C)cc(C(=O)OCC[Si](C)(C)C)c3)cc2)cc1F. The lowest BCUT2D eigenvalue weighted by Gasteiger charge is -2.20. The Balaban J connectivity index is 1.56. The predicted molar refractivity (Wildman–Crippen MR) is 186 cm³/mol. The van der Waals surface area contributed by atoms with Crippen LogP contribution >= 0.6 is 7.60 Å². The second-order valence-corrected chi connectivity index (χ2v) is 20.8. The standard InChI is InChI=1S/C37H43F2O7PSi/c1-25(2)45-32-20-30(37(40)42-16-17-48(5,6)7)21-33(22-32)46-31-12-14-34(15-13-31)47(41,43-23-28-10-8-26(3)35(38)18-28)44-24-29-11-9-27(4)36(39)19-29/h8-15,18-22,25H,16-17,23-24H2,1-7H3. The zero-order chi connectivity index (χ0) is 35.1. The van der Waals surface area contributed by atoms with Crippen LogP contribution in [0, 0.1) is 25.5 Å². The normalized spacial score (nSPS) is 11.9. The summed E-state index contributed by atoms with van der Waals surface area (Å²) in [6, 6.07) is 21.2. The van der Waals surface area contributed by atoms with Crippen molar-refractivity contribution in [1.82, 2.24) is 0 Å². The van der Waals surface area contributed by atoms with Crippen molar-refractivity contribution in [2.45, 2.75) is 72.7 Å². The Bertz CT molecular complexity index is 1710. The van der Waals surface area contributed by atoms with Gasteiger partial charge in [0.15, 0.2) is 0 Å². The minimum absolute atomic E-state index is 0.141. The smallest absolute Gasteiger partial charge is 0.361 e. The number of halogens is 2. The first kappa shape index (κ1) is 37.0. The van der Waals surface area contributed by atoms with Crippen LogP contribution in [0.1, 0.15) is 46.5 Å². The van der Waals surface area contributed by atoms with Crippen molar-refractivity contribution in [3.05, 3.63) is 118 Å². The molecule has 256 valence electrons. The minimum atomic E-state index is -4.01. The van der Waals surface area contributed by atoms with Crippen LogP contribution < -0.4 is 14.8 Å². The van der Waals surface area contributed by atoms with E-state index in [9.17, 15) is 18.1 Å². The molecule has 0 aliphatic carbocycles. The van der Waals surface area contributed by atoms with E-state index in [-0.39, 0.29) is 24.6 Å². The van der Waals surface area contributed by atoms with Crippen molar-refractivity contribution < 1.29 is 41.4 Å². The third-order valence-corrected chi connectivity index (χ3v) is 10.8. The molecule has 4 aromatic rings. The molecule has 0 aliphatic heterocycles. The summed E-state index contributed by atoms with van der Waals surface area (Å²) in [6.07, 6.45) is -0.141. The highest BCUT2D eigenvalue weighted by Crippen LogP contribution is 2.49. The van der Waals surface area contributed by atoms with Crippen LogP contribution in [-0.4, -0.2) is 26.8 Å². The summed E-state index contributed by atoms with van der Waals surface area (Å²) < 4.78 is 71.8. The first-order valence-electron chi connectivity index (χ1n) is 15.8. The van der Waals surface area contributed by atoms with Crippen LogP contribution in [0.15, 0.2) is 78.9 Å². The molecule has 7 nitrogen and oxygen atoms in total. The summed E-state index contributed by atoms with van der Waals surface area (Å²) in [7, 11) is -5.39. The van der Waals surface area contributed by atoms with E-state index in [1.54, 1.807) is 80.6 Å². The minimum Gasteiger partial charge on any atom is -0.491 e. The maximum absolute atomic E-state index is 14.2. The van der Waals surface area contributed by atoms with Crippen LogP contribution in [0.3, 0.4) is 0 Å². The van der Waals surface area contributed by atoms with Crippen LogP contribution in [0.2, 0.25) is 25.7 Å². The average Bonchev–Trinajstić information content (AvgIpc) is 3.01. The van der Waals surface area contributed by atoms with Gasteiger partial charge in [-0.15, -0.1) is 0 Å². The third-order valence-electron chi connectivity index (χ3n) is 7.24. The van der Waals surface area contributed by atoms with Gasteiger partial charge in [0.05, 0.1) is 36.8 Å². The molecule has 0 saturated carbocycles. The van der Waals surface area contributed by atoms with Gasteiger partial charge in [0.1, 0.15) is 28.9 Å². The van der Waals surface area contributed by atoms with E-state index in [1.165, 1.54) is 12.1 Å². The molecule has 0 N–H and O–H groups in total. The molecular weight excluding hydrogens is 653 g/mol. The van der Waals surface area contributed by atoms with E-state index in [0.29, 0.717) is 51.7 Å². The van der Waals surface area contributed by atoms with E-state index in [1.807, 2.05) is 13.8 Å². The summed E-state index contributed by atoms with van der Waals surface area (Å²) >= 11 is 0. The van der Waals surface area contributed by atoms with Crippen LogP contribution in [0.5, 0.6) is 17.2 Å². The molecule has 0 fully saturated rings. The number of rotatable bonds is 15. The fourth-order valence-electron chi connectivity index (χ4n) is 4.41. The predicted octanol–water partition coefficient (Wildman–Crippen LogP) is 9.91. The van der Waals surface area contributed by atoms with Gasteiger partial charge in [0.2, 0.25) is 0 Å². The molecule has 4 rings (SSSR count). The van der Waals surface area contributed by atoms with Crippen LogP contribution in [0.4, 0.5) is 8.78 Å². The van der Waals surface area contributed by atoms with E-state index < -0.39 is 33.3 Å². The molecule has 0 saturated heterocycles. The Labute approximate surface area is 282 Å². The number of hydrogen-bond acceptors (Lipinski definition) is 7. The van der Waals surface area contributed by atoms with Crippen molar-refractivity contribution in [3.63, 3.8) is 0 Å². The van der Waals surface area contributed by atoms with Crippen molar-refractivity contribution in [3.8, 4) is 17.2 Å². The van der Waals surface area contributed by atoms with Crippen molar-refractivity contribution in [2.75, 3.05) is 6.61 Å². The lowest BCUT2D eigenvalue weighted by atomic mass is 10.1. The zero-order valence-corrected chi connectivity index (χ0v) is 30.4. The molecular formula is C37H43F2O7PSi. The number of carbonyl (C=O) groups is 1. The second kappa shape index (κ2) is 16.1. The van der Waals surface area contributed by atoms with Gasteiger partial charge in [-0.3, -0.25) is 4.57 Å². The highest BCUT2D eigenvalue weighted by Gasteiger charge is 2.29. The first-order valence-corrected chi connectivity index (χ1v) is 21.0. The fourth-order valence-corrected chi connectivity index (χ4v) is 6.65. The Kier molecular flexibility index (Phi) is 12.4. The first-order chi connectivity index (χ1) is 22.6. The molecule has 0 radical (unpaired) electrons. The molecule has 0 amide bonds. The fraction of sp³-hybridized carbons (Fsp3) is 0.324. The summed E-state index contributed by atoms with van der Waals surface area (Å²) in [6.45, 7) is 13.7. The molecule has 4 aromatic carbocycles. The molecule has 11 heteroatoms. The zero-order valence-electron chi connectivity index (χ0n) is 28.5. The number of benzene rings is 4. The van der Waals surface area contributed by atoms with Gasteiger partial charge in [0.25, 0.3) is 0 Å². The Morgan fingerprint density at radius 1 is 0.750 bits per heavy atom. The molecule has 48 heavy (non-hydrogen) atoms. The number of esters is 1. The summed E-state index contributed by atoms with van der Waals surface area (Å²) in [4.78, 5) is 12.9. The van der Waals surface area contributed by atoms with Gasteiger partial charge in [-0.25, -0.2) is 13.6 Å². The largest absolute Gasteiger partial charge is 0.491 e. The van der Waals surface area contributed by atoms with Gasteiger partial charge in [-0.05, 0) is 105 Å². The second-order valence-electron chi connectivity index (χ2n) is 13.1. The van der Waals surface area contributed by atoms with E-state index in [0.717, 1.165) is 6.04 Å². The highest BCUT2D eigenvalue weighted by molar-refractivity contribution is 7.62. The van der Waals surface area contributed by atoms with Crippen molar-refractivity contribution >= 4 is 26.9 Å². The van der Waals surface area contributed by atoms with Gasteiger partial charge >= 0.3 is 13.6 Å². The lowest BCUT2D eigenvalue weighted by Crippen LogP contribution is -2.22. The number of ether oxygens (including phenoxy) is 3. The number of aryl methyl sites for hydroxylation is 2. The Morgan fingerprint density at radius 2 is 1.29 bits per heavy atom. The third kappa shape index (κ3) is 10.9. The van der Waals surface area contributed by atoms with Crippen LogP contribution in [0.25, 0.3) is 0 Å². The monoisotopic (exact) mass is 696 g/mol.